The molecule has 0 saturated carbocycles. The number of thiazole rings is 1. The number of aliphatic carboxylic acids is 1. The average Bonchev–Trinajstić information content (AvgIpc) is 3.54. The summed E-state index contributed by atoms with van der Waals surface area (Å²) in [5.41, 5.74) is 0.117. The minimum Gasteiger partial charge on any atom is -0.503 e. The predicted octanol–water partition coefficient (Wildman–Crippen LogP) is -1.97. The van der Waals surface area contributed by atoms with E-state index in [1.807, 2.05) is 0 Å². The van der Waals surface area contributed by atoms with Gasteiger partial charge in [0, 0.05) is 25.1 Å². The molecule has 282 valence electrons. The lowest BCUT2D eigenvalue weighted by Crippen LogP contribution is -2.73. The zero-order valence-electron chi connectivity index (χ0n) is 27.2. The molecule has 4 amide bonds. The monoisotopic (exact) mass is 808 g/mol. The summed E-state index contributed by atoms with van der Waals surface area (Å²) in [6.07, 6.45) is 1.57. The number of sulfone groups is 1. The minimum atomic E-state index is -5.25. The highest BCUT2D eigenvalue weighted by Crippen LogP contribution is 2.28. The SMILES string of the molecule is C[C@H]1[C@H](NC(=O)/C(=N\OC(C)(C)C(=O)O)c2nc(N)sc2Cl)C(=O)N1C(=O)NS(=O)(=O)n1nc(-c2cc(=O)c(O)c[nH]2)n(CCCS(C)(=O)=O)c1=O. The average molecular weight is 809 g/mol. The van der Waals surface area contributed by atoms with Crippen LogP contribution in [0.1, 0.15) is 32.9 Å². The van der Waals surface area contributed by atoms with E-state index in [1.54, 1.807) is 0 Å². The quantitative estimate of drug-likeness (QED) is 0.0620. The van der Waals surface area contributed by atoms with Crippen LogP contribution in [0.25, 0.3) is 11.5 Å². The maximum Gasteiger partial charge on any atom is 0.362 e. The van der Waals surface area contributed by atoms with Crippen LogP contribution in [0, 0.1) is 0 Å². The summed E-state index contributed by atoms with van der Waals surface area (Å²) in [5.74, 6) is -5.37. The zero-order chi connectivity index (χ0) is 39.1. The lowest BCUT2D eigenvalue weighted by Gasteiger charge is -2.43. The second-order valence-electron chi connectivity index (χ2n) is 11.5. The summed E-state index contributed by atoms with van der Waals surface area (Å²) < 4.78 is 51.7. The maximum atomic E-state index is 13.3. The number of amides is 4. The number of nitrogens with zero attached hydrogens (tertiary/aromatic N) is 6. The van der Waals surface area contributed by atoms with Gasteiger partial charge in [0.05, 0.1) is 17.5 Å². The van der Waals surface area contributed by atoms with Gasteiger partial charge in [-0.25, -0.2) is 32.5 Å². The molecule has 0 aliphatic carbocycles. The van der Waals surface area contributed by atoms with E-state index in [1.165, 1.54) is 11.6 Å². The number of aromatic hydroxyl groups is 1. The number of carbonyl (C=O) groups is 4. The predicted molar refractivity (Wildman–Crippen MR) is 180 cm³/mol. The molecule has 1 saturated heterocycles. The van der Waals surface area contributed by atoms with Crippen LogP contribution >= 0.6 is 22.9 Å². The molecule has 1 fully saturated rings. The number of pyridine rings is 1. The number of β-lactam (4-membered cyclic amide) rings is 1. The number of halogens is 1. The molecule has 0 spiro atoms. The van der Waals surface area contributed by atoms with E-state index in [4.69, 9.17) is 22.2 Å². The van der Waals surface area contributed by atoms with Gasteiger partial charge in [-0.05, 0) is 27.2 Å². The molecule has 2 atom stereocenters. The van der Waals surface area contributed by atoms with Crippen molar-refractivity contribution in [3.63, 3.8) is 0 Å². The Labute approximate surface area is 301 Å². The van der Waals surface area contributed by atoms with E-state index in [9.17, 15) is 55.8 Å². The number of aromatic amines is 1. The topological polar surface area (TPSA) is 338 Å². The van der Waals surface area contributed by atoms with Crippen molar-refractivity contribution >= 4 is 77.6 Å². The number of urea groups is 1. The molecular formula is C25H29ClN10O13S3. The van der Waals surface area contributed by atoms with Crippen molar-refractivity contribution in [2.24, 2.45) is 5.16 Å². The van der Waals surface area contributed by atoms with E-state index in [-0.39, 0.29) is 31.4 Å². The fourth-order valence-corrected chi connectivity index (χ4v) is 6.85. The first kappa shape index (κ1) is 39.4. The third-order valence-electron chi connectivity index (χ3n) is 7.13. The number of rotatable bonds is 13. The number of hydrogen-bond acceptors (Lipinski definition) is 17. The van der Waals surface area contributed by atoms with Crippen molar-refractivity contribution in [1.29, 1.82) is 0 Å². The van der Waals surface area contributed by atoms with E-state index >= 15 is 0 Å². The number of carbonyl (C=O) groups excluding carboxylic acids is 3. The number of imide groups is 1. The van der Waals surface area contributed by atoms with Gasteiger partial charge in [-0.2, -0.15) is 8.42 Å². The molecule has 4 heterocycles. The lowest BCUT2D eigenvalue weighted by molar-refractivity contribution is -0.161. The van der Waals surface area contributed by atoms with E-state index in [0.29, 0.717) is 9.47 Å². The van der Waals surface area contributed by atoms with Crippen molar-refractivity contribution in [1.82, 2.24) is 38.7 Å². The number of carboxylic acids is 1. The van der Waals surface area contributed by atoms with Crippen molar-refractivity contribution in [2.75, 3.05) is 17.7 Å². The highest BCUT2D eigenvalue weighted by Gasteiger charge is 2.50. The van der Waals surface area contributed by atoms with Crippen LogP contribution in [0.4, 0.5) is 9.93 Å². The van der Waals surface area contributed by atoms with Gasteiger partial charge >= 0.3 is 27.9 Å². The van der Waals surface area contributed by atoms with E-state index < -0.39 is 102 Å². The van der Waals surface area contributed by atoms with E-state index in [0.717, 1.165) is 43.7 Å². The second kappa shape index (κ2) is 14.4. The molecule has 0 aromatic carbocycles. The second-order valence-corrected chi connectivity index (χ2v) is 16.9. The summed E-state index contributed by atoms with van der Waals surface area (Å²) in [6.45, 7) is 3.08. The van der Waals surface area contributed by atoms with Gasteiger partial charge in [-0.1, -0.05) is 32.2 Å². The Morgan fingerprint density at radius 1 is 1.21 bits per heavy atom. The van der Waals surface area contributed by atoms with Crippen LogP contribution in [0.2, 0.25) is 4.34 Å². The third-order valence-corrected chi connectivity index (χ3v) is 10.4. The zero-order valence-corrected chi connectivity index (χ0v) is 30.4. The van der Waals surface area contributed by atoms with Gasteiger partial charge in [0.15, 0.2) is 22.4 Å². The molecule has 3 aromatic rings. The summed E-state index contributed by atoms with van der Waals surface area (Å²) in [6, 6.07) is -3.50. The molecule has 3 aromatic heterocycles. The Balaban J connectivity index is 1.57. The molecule has 23 nitrogen and oxygen atoms in total. The van der Waals surface area contributed by atoms with Crippen molar-refractivity contribution in [2.45, 2.75) is 51.4 Å². The largest absolute Gasteiger partial charge is 0.503 e. The smallest absolute Gasteiger partial charge is 0.362 e. The Morgan fingerprint density at radius 2 is 1.87 bits per heavy atom. The number of nitrogens with one attached hydrogen (secondary N) is 3. The molecule has 0 radical (unpaired) electrons. The van der Waals surface area contributed by atoms with Crippen LogP contribution in [0.5, 0.6) is 5.75 Å². The molecule has 4 rings (SSSR count). The first-order chi connectivity index (χ1) is 23.9. The summed E-state index contributed by atoms with van der Waals surface area (Å²) >= 11 is 6.85. The molecule has 0 bridgehead atoms. The Kier molecular flexibility index (Phi) is 10.9. The highest BCUT2D eigenvalue weighted by atomic mass is 35.5. The molecule has 0 unspecified atom stereocenters. The number of H-pyrrole nitrogens is 1. The third kappa shape index (κ3) is 8.24. The first-order valence-electron chi connectivity index (χ1n) is 14.4. The van der Waals surface area contributed by atoms with Crippen LogP contribution in [0.3, 0.4) is 0 Å². The van der Waals surface area contributed by atoms with Gasteiger partial charge in [-0.3, -0.25) is 23.9 Å². The first-order valence-corrected chi connectivity index (χ1v) is 19.1. The Morgan fingerprint density at radius 3 is 2.40 bits per heavy atom. The van der Waals surface area contributed by atoms with Crippen molar-refractivity contribution < 1.29 is 51.1 Å². The van der Waals surface area contributed by atoms with Crippen molar-refractivity contribution in [3.8, 4) is 17.3 Å². The molecule has 1 aliphatic heterocycles. The van der Waals surface area contributed by atoms with Gasteiger partial charge in [0.2, 0.25) is 11.0 Å². The maximum absolute atomic E-state index is 13.3. The van der Waals surface area contributed by atoms with Crippen LogP contribution in [-0.2, 0) is 45.8 Å². The van der Waals surface area contributed by atoms with Crippen LogP contribution < -0.4 is 26.9 Å². The number of anilines is 1. The van der Waals surface area contributed by atoms with Crippen LogP contribution in [-0.4, -0.2) is 115 Å². The number of oxime groups is 1. The van der Waals surface area contributed by atoms with Crippen LogP contribution in [0.15, 0.2) is 27.0 Å². The Hall–Kier alpha value is -5.34. The highest BCUT2D eigenvalue weighted by molar-refractivity contribution is 7.90. The number of nitrogens with two attached hydrogens (primary N) is 1. The molecule has 52 heavy (non-hydrogen) atoms. The molecular weight excluding hydrogens is 780 g/mol. The number of nitrogen functional groups attached to an aromatic ring is 1. The molecule has 27 heteroatoms. The van der Waals surface area contributed by atoms with Gasteiger partial charge in [0.1, 0.15) is 25.9 Å². The van der Waals surface area contributed by atoms with Gasteiger partial charge in [0.25, 0.3) is 11.8 Å². The Bertz CT molecular complexity index is 2350. The van der Waals surface area contributed by atoms with Gasteiger partial charge in [-0.15, -0.1) is 5.10 Å². The normalized spacial score (nSPS) is 16.7. The van der Waals surface area contributed by atoms with E-state index in [2.05, 4.69) is 25.5 Å². The standard InChI is InChI=1S/C25H29ClN10O13S3/c1-10-14(29-19(39)16(15-17(26)50-22(27)30-15)32-49-25(2,3)21(41)42)20(40)35(10)23(43)33-52(47,48)36-24(44)34(6-5-7-51(4,45)46)18(31-36)11-8-12(37)13(38)9-28-11/h8-10,14,38H,5-7H2,1-4H3,(H2,27,30)(H,28,37)(H,29,39)(H,33,43)(H,41,42)/b32-16-/t10-,14-/m0/s1. The number of aromatic nitrogens is 5. The fourth-order valence-electron chi connectivity index (χ4n) is 4.37. The lowest BCUT2D eigenvalue weighted by atomic mass is 9.97. The molecule has 7 N–H and O–H groups in total. The fraction of sp³-hybridized carbons (Fsp3) is 0.400. The summed E-state index contributed by atoms with van der Waals surface area (Å²) in [5, 5.41) is 28.4. The minimum absolute atomic E-state index is 0.101. The number of likely N-dealkylation sites (tertiary alicyclic amines) is 1. The number of carboxylic acid groups (broad SMARTS) is 1. The van der Waals surface area contributed by atoms with Gasteiger partial charge < -0.3 is 31.1 Å². The summed E-state index contributed by atoms with van der Waals surface area (Å²) in [4.78, 5) is 87.8. The number of hydrogen-bond donors (Lipinski definition) is 6. The summed E-state index contributed by atoms with van der Waals surface area (Å²) in [7, 11) is -8.76. The molecule has 1 aliphatic rings. The van der Waals surface area contributed by atoms with Crippen molar-refractivity contribution in [3.05, 3.63) is 43.0 Å².